The van der Waals surface area contributed by atoms with Crippen molar-refractivity contribution < 1.29 is 18.8 Å². The van der Waals surface area contributed by atoms with Crippen molar-refractivity contribution in [1.29, 1.82) is 0 Å². The van der Waals surface area contributed by atoms with Crippen molar-refractivity contribution in [2.45, 2.75) is 32.2 Å². The van der Waals surface area contributed by atoms with E-state index in [2.05, 4.69) is 31.5 Å². The Hall–Kier alpha value is -4.35. The van der Waals surface area contributed by atoms with Gasteiger partial charge in [-0.1, -0.05) is 24.3 Å². The number of aromatic nitrogens is 4. The predicted octanol–water partition coefficient (Wildman–Crippen LogP) is 2.12. The summed E-state index contributed by atoms with van der Waals surface area (Å²) in [5.74, 6) is -0.121. The van der Waals surface area contributed by atoms with Crippen LogP contribution in [0.5, 0.6) is 0 Å². The third kappa shape index (κ3) is 7.11. The van der Waals surface area contributed by atoms with Crippen LogP contribution in [-0.2, 0) is 23.1 Å². The van der Waals surface area contributed by atoms with E-state index in [1.807, 2.05) is 6.07 Å². The molecule has 0 radical (unpaired) electrons. The maximum absolute atomic E-state index is 13.3. The van der Waals surface area contributed by atoms with E-state index in [4.69, 9.17) is 0 Å². The highest BCUT2D eigenvalue weighted by Gasteiger charge is 2.30. The molecule has 2 heterocycles. The maximum atomic E-state index is 13.3. The van der Waals surface area contributed by atoms with Gasteiger partial charge in [-0.05, 0) is 65.4 Å². The first kappa shape index (κ1) is 26.7. The number of carbonyl (C=O) groups excluding carboxylic acids is 3. The molecule has 0 spiro atoms. The molecule has 11 nitrogen and oxygen atoms in total. The lowest BCUT2D eigenvalue weighted by atomic mass is 9.91. The summed E-state index contributed by atoms with van der Waals surface area (Å²) in [7, 11) is 1.72. The number of carbonyl (C=O) groups is 3. The fourth-order valence-corrected chi connectivity index (χ4v) is 4.63. The summed E-state index contributed by atoms with van der Waals surface area (Å²) in [5.41, 5.74) is 2.26. The lowest BCUT2D eigenvalue weighted by Crippen LogP contribution is -2.55. The molecule has 0 saturated carbocycles. The van der Waals surface area contributed by atoms with Crippen molar-refractivity contribution in [2.24, 2.45) is 13.0 Å². The zero-order chi connectivity index (χ0) is 27.1. The molecule has 1 fully saturated rings. The second-order valence-corrected chi connectivity index (χ2v) is 9.42. The van der Waals surface area contributed by atoms with E-state index >= 15 is 0 Å². The fraction of sp³-hybridized carbons (Fsp3) is 0.385. The molecule has 4 amide bonds. The number of anilines is 1. The Kier molecular flexibility index (Phi) is 8.62. The Balaban J connectivity index is 1.34. The number of nitrogens with one attached hydrogen (secondary N) is 3. The highest BCUT2D eigenvalue weighted by molar-refractivity contribution is 5.91. The van der Waals surface area contributed by atoms with Gasteiger partial charge in [-0.2, -0.15) is 0 Å². The van der Waals surface area contributed by atoms with E-state index in [0.29, 0.717) is 24.6 Å². The standard InChI is InChI=1S/C26H31FN8O3/c1-17(36)29-23(25(37)35-12-4-5-19(16-35)13-18-8-10-21(27)11-9-18)15-28-26(38)30-22-7-3-6-20(14-22)24-31-32-33-34(24)2/h3,6-11,14,19,23H,4-5,12-13,15-16H2,1-2H3,(H,29,36)(H2,28,30,38). The maximum Gasteiger partial charge on any atom is 0.319 e. The first-order valence-corrected chi connectivity index (χ1v) is 12.5. The monoisotopic (exact) mass is 522 g/mol. The molecule has 1 saturated heterocycles. The first-order chi connectivity index (χ1) is 18.3. The van der Waals surface area contributed by atoms with Crippen LogP contribution >= 0.6 is 0 Å². The number of halogens is 1. The van der Waals surface area contributed by atoms with Gasteiger partial charge < -0.3 is 20.9 Å². The van der Waals surface area contributed by atoms with Crippen molar-refractivity contribution in [3.8, 4) is 11.4 Å². The van der Waals surface area contributed by atoms with Crippen molar-refractivity contribution in [1.82, 2.24) is 35.7 Å². The molecule has 2 aromatic carbocycles. The minimum absolute atomic E-state index is 0.0731. The number of benzene rings is 2. The smallest absolute Gasteiger partial charge is 0.319 e. The van der Waals surface area contributed by atoms with Gasteiger partial charge in [0.15, 0.2) is 5.82 Å². The summed E-state index contributed by atoms with van der Waals surface area (Å²) in [6, 6.07) is 12.0. The van der Waals surface area contributed by atoms with Crippen molar-refractivity contribution in [3.05, 3.63) is 59.9 Å². The molecule has 200 valence electrons. The number of nitrogens with zero attached hydrogens (tertiary/aromatic N) is 5. The number of hydrogen-bond donors (Lipinski definition) is 3. The molecule has 3 N–H and O–H groups in total. The van der Waals surface area contributed by atoms with E-state index in [-0.39, 0.29) is 30.1 Å². The van der Waals surface area contributed by atoms with Crippen LogP contribution in [0, 0.1) is 11.7 Å². The van der Waals surface area contributed by atoms with Crippen LogP contribution in [-0.4, -0.2) is 68.6 Å². The van der Waals surface area contributed by atoms with Crippen LogP contribution in [0.1, 0.15) is 25.3 Å². The lowest BCUT2D eigenvalue weighted by molar-refractivity contribution is -0.137. The molecule has 38 heavy (non-hydrogen) atoms. The Morgan fingerprint density at radius 2 is 1.95 bits per heavy atom. The van der Waals surface area contributed by atoms with Gasteiger partial charge in [-0.15, -0.1) is 5.10 Å². The van der Waals surface area contributed by atoms with Crippen LogP contribution in [0.15, 0.2) is 48.5 Å². The topological polar surface area (TPSA) is 134 Å². The number of rotatable bonds is 8. The molecule has 2 atom stereocenters. The summed E-state index contributed by atoms with van der Waals surface area (Å²) in [4.78, 5) is 39.5. The molecule has 0 bridgehead atoms. The zero-order valence-corrected chi connectivity index (χ0v) is 21.4. The van der Waals surface area contributed by atoms with Gasteiger partial charge in [0.25, 0.3) is 0 Å². The molecule has 3 aromatic rings. The van der Waals surface area contributed by atoms with Gasteiger partial charge in [0, 0.05) is 44.9 Å². The summed E-state index contributed by atoms with van der Waals surface area (Å²) in [5, 5.41) is 19.5. The van der Waals surface area contributed by atoms with Gasteiger partial charge in [0.2, 0.25) is 11.8 Å². The quantitative estimate of drug-likeness (QED) is 0.415. The Morgan fingerprint density at radius 1 is 1.16 bits per heavy atom. The van der Waals surface area contributed by atoms with Gasteiger partial charge in [-0.25, -0.2) is 13.9 Å². The van der Waals surface area contributed by atoms with Crippen LogP contribution in [0.25, 0.3) is 11.4 Å². The summed E-state index contributed by atoms with van der Waals surface area (Å²) < 4.78 is 14.8. The van der Waals surface area contributed by atoms with Crippen molar-refractivity contribution >= 4 is 23.5 Å². The van der Waals surface area contributed by atoms with E-state index in [1.165, 1.54) is 23.7 Å². The fourth-order valence-electron chi connectivity index (χ4n) is 4.63. The van der Waals surface area contributed by atoms with Gasteiger partial charge in [0.1, 0.15) is 11.9 Å². The van der Waals surface area contributed by atoms with Crippen LogP contribution in [0.3, 0.4) is 0 Å². The number of hydrogen-bond acceptors (Lipinski definition) is 6. The van der Waals surface area contributed by atoms with Gasteiger partial charge in [0.05, 0.1) is 0 Å². The van der Waals surface area contributed by atoms with E-state index in [9.17, 15) is 18.8 Å². The Morgan fingerprint density at radius 3 is 2.66 bits per heavy atom. The average molecular weight is 523 g/mol. The summed E-state index contributed by atoms with van der Waals surface area (Å²) >= 11 is 0. The molecule has 0 aliphatic carbocycles. The highest BCUT2D eigenvalue weighted by Crippen LogP contribution is 2.22. The van der Waals surface area contributed by atoms with Crippen molar-refractivity contribution in [3.63, 3.8) is 0 Å². The number of likely N-dealkylation sites (tertiary alicyclic amines) is 1. The molecule has 4 rings (SSSR count). The second kappa shape index (κ2) is 12.3. The van der Waals surface area contributed by atoms with Crippen LogP contribution < -0.4 is 16.0 Å². The molecular weight excluding hydrogens is 491 g/mol. The normalized spacial score (nSPS) is 16.0. The van der Waals surface area contributed by atoms with E-state index in [0.717, 1.165) is 30.4 Å². The SMILES string of the molecule is CC(=O)NC(CNC(=O)Nc1cccc(-c2nnnn2C)c1)C(=O)N1CCCC(Cc2ccc(F)cc2)C1. The second-order valence-electron chi connectivity index (χ2n) is 9.42. The third-order valence-corrected chi connectivity index (χ3v) is 6.41. The average Bonchev–Trinajstić information content (AvgIpc) is 3.33. The van der Waals surface area contributed by atoms with E-state index < -0.39 is 12.1 Å². The molecule has 1 aliphatic heterocycles. The van der Waals surface area contributed by atoms with Crippen molar-refractivity contribution in [2.75, 3.05) is 25.0 Å². The van der Waals surface area contributed by atoms with Gasteiger partial charge >= 0.3 is 6.03 Å². The highest BCUT2D eigenvalue weighted by atomic mass is 19.1. The first-order valence-electron chi connectivity index (χ1n) is 12.5. The summed E-state index contributed by atoms with van der Waals surface area (Å²) in [6.45, 7) is 2.36. The number of urea groups is 1. The molecule has 1 aromatic heterocycles. The number of piperidine rings is 1. The Bertz CT molecular complexity index is 1280. The Labute approximate surface area is 219 Å². The predicted molar refractivity (Wildman–Crippen MR) is 138 cm³/mol. The number of aryl methyl sites for hydroxylation is 1. The van der Waals surface area contributed by atoms with Crippen LogP contribution in [0.4, 0.5) is 14.9 Å². The molecular formula is C26H31FN8O3. The number of tetrazole rings is 1. The lowest BCUT2D eigenvalue weighted by Gasteiger charge is -2.35. The molecule has 1 aliphatic rings. The largest absolute Gasteiger partial charge is 0.343 e. The zero-order valence-electron chi connectivity index (χ0n) is 21.4. The van der Waals surface area contributed by atoms with E-state index in [1.54, 1.807) is 42.3 Å². The molecule has 12 heteroatoms. The molecule has 2 unspecified atom stereocenters. The third-order valence-electron chi connectivity index (χ3n) is 6.41. The number of amides is 4. The minimum atomic E-state index is -0.904. The summed E-state index contributed by atoms with van der Waals surface area (Å²) in [6.07, 6.45) is 2.52. The van der Waals surface area contributed by atoms with Gasteiger partial charge in [-0.3, -0.25) is 9.59 Å². The minimum Gasteiger partial charge on any atom is -0.343 e. The van der Waals surface area contributed by atoms with Crippen LogP contribution in [0.2, 0.25) is 0 Å².